The second kappa shape index (κ2) is 6.60. The first-order chi connectivity index (χ1) is 11.6. The van der Waals surface area contributed by atoms with E-state index in [0.29, 0.717) is 0 Å². The van der Waals surface area contributed by atoms with Crippen LogP contribution in [-0.4, -0.2) is 49.6 Å². The average Bonchev–Trinajstić information content (AvgIpc) is 3.18. The van der Waals surface area contributed by atoms with Crippen molar-refractivity contribution >= 4 is 17.8 Å². The predicted octanol–water partition coefficient (Wildman–Crippen LogP) is 0.895. The first kappa shape index (κ1) is 16.4. The zero-order valence-corrected chi connectivity index (χ0v) is 13.5. The van der Waals surface area contributed by atoms with Crippen molar-refractivity contribution in [3.63, 3.8) is 0 Å². The van der Waals surface area contributed by atoms with Crippen molar-refractivity contribution in [1.29, 1.82) is 0 Å². The third-order valence-corrected chi connectivity index (χ3v) is 4.65. The van der Waals surface area contributed by atoms with Crippen molar-refractivity contribution in [2.24, 2.45) is 11.8 Å². The van der Waals surface area contributed by atoms with Gasteiger partial charge in [0.2, 0.25) is 5.91 Å². The quantitative estimate of drug-likeness (QED) is 0.601. The number of methoxy groups -OCH3 is 2. The molecule has 0 aliphatic carbocycles. The number of amides is 1. The summed E-state index contributed by atoms with van der Waals surface area (Å²) in [5.41, 5.74) is 0.863. The molecule has 0 spiro atoms. The number of benzene rings is 1. The van der Waals surface area contributed by atoms with Gasteiger partial charge in [0.05, 0.1) is 26.9 Å². The number of rotatable bonds is 4. The Morgan fingerprint density at radius 1 is 1.17 bits per heavy atom. The van der Waals surface area contributed by atoms with Crippen molar-refractivity contribution < 1.29 is 28.6 Å². The van der Waals surface area contributed by atoms with Crippen LogP contribution in [0.1, 0.15) is 18.2 Å². The summed E-state index contributed by atoms with van der Waals surface area (Å²) in [7, 11) is 2.43. The van der Waals surface area contributed by atoms with E-state index in [4.69, 9.17) is 14.2 Å². The van der Waals surface area contributed by atoms with Gasteiger partial charge in [0.1, 0.15) is 0 Å². The van der Waals surface area contributed by atoms with Gasteiger partial charge in [-0.25, -0.2) is 0 Å². The summed E-state index contributed by atoms with van der Waals surface area (Å²) in [5, 5.41) is 0. The average molecular weight is 333 g/mol. The van der Waals surface area contributed by atoms with E-state index < -0.39 is 30.0 Å². The molecule has 0 radical (unpaired) electrons. The van der Waals surface area contributed by atoms with Gasteiger partial charge in [0.25, 0.3) is 0 Å². The molecule has 0 bridgehead atoms. The Kier molecular flexibility index (Phi) is 4.53. The lowest BCUT2D eigenvalue weighted by Gasteiger charge is -2.25. The maximum atomic E-state index is 12.5. The van der Waals surface area contributed by atoms with Gasteiger partial charge in [0, 0.05) is 17.9 Å². The maximum Gasteiger partial charge on any atom is 0.320 e. The van der Waals surface area contributed by atoms with E-state index in [1.54, 1.807) is 4.90 Å². The molecular weight excluding hydrogens is 314 g/mol. The number of hydrogen-bond donors (Lipinski definition) is 0. The number of hydrogen-bond acceptors (Lipinski definition) is 6. The molecule has 1 aromatic carbocycles. The van der Waals surface area contributed by atoms with Gasteiger partial charge in [-0.1, -0.05) is 30.3 Å². The fourth-order valence-corrected chi connectivity index (χ4v) is 3.53. The Bertz CT molecular complexity index is 630. The van der Waals surface area contributed by atoms with Crippen molar-refractivity contribution in [1.82, 2.24) is 4.90 Å². The number of nitrogens with zero attached hydrogens (tertiary/aromatic N) is 1. The Morgan fingerprint density at radius 3 is 2.38 bits per heavy atom. The zero-order valence-electron chi connectivity index (χ0n) is 13.5. The maximum absolute atomic E-state index is 12.5. The Hall–Kier alpha value is -2.41. The SMILES string of the molecule is COC(=O)C(C(=O)OC)C1CC(=O)N2[C@@H](c3ccccc3)OC[C@H]12. The molecule has 2 fully saturated rings. The lowest BCUT2D eigenvalue weighted by Crippen LogP contribution is -2.40. The second-order valence-electron chi connectivity index (χ2n) is 5.86. The fourth-order valence-electron chi connectivity index (χ4n) is 3.53. The molecular formula is C17H19NO6. The molecule has 7 heteroatoms. The normalized spacial score (nSPS) is 25.7. The molecule has 2 aliphatic rings. The largest absolute Gasteiger partial charge is 0.468 e. The summed E-state index contributed by atoms with van der Waals surface area (Å²) in [4.78, 5) is 38.2. The fraction of sp³-hybridized carbons (Fsp3) is 0.471. The summed E-state index contributed by atoms with van der Waals surface area (Å²) >= 11 is 0. The van der Waals surface area contributed by atoms with Crippen molar-refractivity contribution in [3.8, 4) is 0 Å². The molecule has 0 saturated carbocycles. The molecule has 0 aromatic heterocycles. The van der Waals surface area contributed by atoms with E-state index in [0.717, 1.165) is 5.56 Å². The molecule has 24 heavy (non-hydrogen) atoms. The van der Waals surface area contributed by atoms with Crippen LogP contribution in [0.15, 0.2) is 30.3 Å². The van der Waals surface area contributed by atoms with Crippen LogP contribution in [0.2, 0.25) is 0 Å². The van der Waals surface area contributed by atoms with Gasteiger partial charge in [-0.3, -0.25) is 14.4 Å². The van der Waals surface area contributed by atoms with Crippen molar-refractivity contribution in [3.05, 3.63) is 35.9 Å². The van der Waals surface area contributed by atoms with Crippen LogP contribution in [-0.2, 0) is 28.6 Å². The molecule has 2 saturated heterocycles. The van der Waals surface area contributed by atoms with Crippen LogP contribution in [0.4, 0.5) is 0 Å². The lowest BCUT2D eigenvalue weighted by molar-refractivity contribution is -0.162. The minimum Gasteiger partial charge on any atom is -0.468 e. The monoisotopic (exact) mass is 333 g/mol. The standard InChI is InChI=1S/C17H19NO6/c1-22-16(20)14(17(21)23-2)11-8-13(19)18-12(11)9-24-15(18)10-6-4-3-5-7-10/h3-7,11-12,14-15H,8-9H2,1-2H3/t11?,12-,15-/m1/s1. The Morgan fingerprint density at radius 2 is 1.79 bits per heavy atom. The van der Waals surface area contributed by atoms with Crippen molar-refractivity contribution in [2.45, 2.75) is 18.7 Å². The number of carbonyl (C=O) groups excluding carboxylic acids is 3. The number of fused-ring (bicyclic) bond motifs is 1. The zero-order chi connectivity index (χ0) is 17.3. The molecule has 2 heterocycles. The summed E-state index contributed by atoms with van der Waals surface area (Å²) in [6.07, 6.45) is -0.406. The molecule has 3 rings (SSSR count). The van der Waals surface area contributed by atoms with E-state index >= 15 is 0 Å². The number of carbonyl (C=O) groups is 3. The highest BCUT2D eigenvalue weighted by molar-refractivity contribution is 5.96. The molecule has 1 amide bonds. The number of esters is 2. The highest BCUT2D eigenvalue weighted by atomic mass is 16.5. The van der Waals surface area contributed by atoms with Gasteiger partial charge < -0.3 is 19.1 Å². The van der Waals surface area contributed by atoms with Crippen LogP contribution in [0, 0.1) is 11.8 Å². The van der Waals surface area contributed by atoms with E-state index in [9.17, 15) is 14.4 Å². The Labute approximate surface area is 139 Å². The highest BCUT2D eigenvalue weighted by Crippen LogP contribution is 2.43. The molecule has 128 valence electrons. The minimum absolute atomic E-state index is 0.0895. The van der Waals surface area contributed by atoms with Crippen LogP contribution in [0.5, 0.6) is 0 Å². The van der Waals surface area contributed by atoms with Crippen molar-refractivity contribution in [2.75, 3.05) is 20.8 Å². The summed E-state index contributed by atoms with van der Waals surface area (Å²) in [6.45, 7) is 0.264. The number of ether oxygens (including phenoxy) is 3. The Balaban J connectivity index is 1.88. The molecule has 2 aliphatic heterocycles. The van der Waals surface area contributed by atoms with Crippen LogP contribution in [0.3, 0.4) is 0 Å². The molecule has 7 nitrogen and oxygen atoms in total. The smallest absolute Gasteiger partial charge is 0.320 e. The van der Waals surface area contributed by atoms with Gasteiger partial charge in [-0.2, -0.15) is 0 Å². The molecule has 1 aromatic rings. The van der Waals surface area contributed by atoms with Crippen LogP contribution < -0.4 is 0 Å². The van der Waals surface area contributed by atoms with E-state index in [-0.39, 0.29) is 25.0 Å². The summed E-state index contributed by atoms with van der Waals surface area (Å²) in [6, 6.07) is 9.03. The third kappa shape index (κ3) is 2.65. The summed E-state index contributed by atoms with van der Waals surface area (Å²) < 4.78 is 15.2. The molecule has 3 atom stereocenters. The van der Waals surface area contributed by atoms with Gasteiger partial charge in [-0.05, 0) is 0 Å². The van der Waals surface area contributed by atoms with Gasteiger partial charge in [0.15, 0.2) is 12.1 Å². The van der Waals surface area contributed by atoms with Crippen LogP contribution in [0.25, 0.3) is 0 Å². The minimum atomic E-state index is -1.13. The van der Waals surface area contributed by atoms with E-state index in [2.05, 4.69) is 0 Å². The first-order valence-electron chi connectivity index (χ1n) is 7.71. The van der Waals surface area contributed by atoms with E-state index in [1.807, 2.05) is 30.3 Å². The molecule has 0 N–H and O–H groups in total. The predicted molar refractivity (Wildman–Crippen MR) is 81.4 cm³/mol. The topological polar surface area (TPSA) is 82.1 Å². The first-order valence-corrected chi connectivity index (χ1v) is 7.71. The van der Waals surface area contributed by atoms with Crippen LogP contribution >= 0.6 is 0 Å². The second-order valence-corrected chi connectivity index (χ2v) is 5.86. The van der Waals surface area contributed by atoms with Gasteiger partial charge in [-0.15, -0.1) is 0 Å². The lowest BCUT2D eigenvalue weighted by atomic mass is 9.86. The molecule has 1 unspecified atom stereocenters. The summed E-state index contributed by atoms with van der Waals surface area (Å²) in [5.74, 6) is -3.17. The van der Waals surface area contributed by atoms with Gasteiger partial charge >= 0.3 is 11.9 Å². The van der Waals surface area contributed by atoms with E-state index in [1.165, 1.54) is 14.2 Å². The highest BCUT2D eigenvalue weighted by Gasteiger charge is 2.54. The third-order valence-electron chi connectivity index (χ3n) is 4.65.